The molecule has 1 aromatic heterocycles. The number of para-hydroxylation sites is 1. The van der Waals surface area contributed by atoms with Crippen LogP contribution in [-0.4, -0.2) is 22.2 Å². The number of amides is 1. The van der Waals surface area contributed by atoms with E-state index in [1.54, 1.807) is 0 Å². The highest BCUT2D eigenvalue weighted by Gasteiger charge is 2.32. The van der Waals surface area contributed by atoms with Crippen molar-refractivity contribution in [2.75, 3.05) is 0 Å². The van der Waals surface area contributed by atoms with Gasteiger partial charge in [0.05, 0.1) is 11.1 Å². The monoisotopic (exact) mass is 454 g/mol. The molecule has 0 saturated carbocycles. The Labute approximate surface area is 198 Å². The lowest BCUT2D eigenvalue weighted by Crippen LogP contribution is -2.27. The van der Waals surface area contributed by atoms with Crippen molar-refractivity contribution in [2.45, 2.75) is 39.5 Å². The van der Waals surface area contributed by atoms with E-state index < -0.39 is 11.7 Å². The quantitative estimate of drug-likeness (QED) is 0.416. The second-order valence-corrected chi connectivity index (χ2v) is 9.31. The standard InChI is InChI=1S/C28H26N2O4/c1-28(2,3)34-27(32)30-22-15-8-7-13-20(22)25(33-17-18-10-5-4-6-11-18)24(30)21-14-9-12-19-16-29-26(31)23(19)21/h4-15H,16-17H2,1-3H3,(H,29,31). The molecule has 0 saturated heterocycles. The maximum atomic E-state index is 13.5. The Kier molecular flexibility index (Phi) is 5.36. The number of nitrogens with zero attached hydrogens (tertiary/aromatic N) is 1. The second-order valence-electron chi connectivity index (χ2n) is 9.31. The predicted molar refractivity (Wildman–Crippen MR) is 131 cm³/mol. The van der Waals surface area contributed by atoms with Gasteiger partial charge in [-0.15, -0.1) is 0 Å². The summed E-state index contributed by atoms with van der Waals surface area (Å²) in [6.45, 7) is 6.26. The minimum absolute atomic E-state index is 0.166. The largest absolute Gasteiger partial charge is 0.486 e. The fourth-order valence-corrected chi connectivity index (χ4v) is 4.30. The maximum absolute atomic E-state index is 13.5. The molecule has 0 radical (unpaired) electrons. The van der Waals surface area contributed by atoms with E-state index in [1.165, 1.54) is 4.57 Å². The second kappa shape index (κ2) is 8.37. The predicted octanol–water partition coefficient (Wildman–Crippen LogP) is 5.91. The molecule has 6 heteroatoms. The zero-order chi connectivity index (χ0) is 23.9. The van der Waals surface area contributed by atoms with Gasteiger partial charge in [-0.2, -0.15) is 0 Å². The lowest BCUT2D eigenvalue weighted by Gasteiger charge is -2.21. The highest BCUT2D eigenvalue weighted by atomic mass is 16.6. The first kappa shape index (κ1) is 21.8. The van der Waals surface area contributed by atoms with Gasteiger partial charge in [0, 0.05) is 17.5 Å². The van der Waals surface area contributed by atoms with E-state index in [1.807, 2.05) is 93.6 Å². The van der Waals surface area contributed by atoms with Crippen LogP contribution in [0.25, 0.3) is 22.2 Å². The number of hydrogen-bond donors (Lipinski definition) is 1. The number of ether oxygens (including phenoxy) is 2. The van der Waals surface area contributed by atoms with Crippen LogP contribution in [0.1, 0.15) is 42.3 Å². The van der Waals surface area contributed by atoms with E-state index in [2.05, 4.69) is 5.32 Å². The van der Waals surface area contributed by atoms with Crippen LogP contribution in [-0.2, 0) is 17.9 Å². The third-order valence-corrected chi connectivity index (χ3v) is 5.70. The molecule has 4 aromatic rings. The van der Waals surface area contributed by atoms with Crippen molar-refractivity contribution in [1.29, 1.82) is 0 Å². The normalized spacial score (nSPS) is 13.0. The summed E-state index contributed by atoms with van der Waals surface area (Å²) in [4.78, 5) is 26.3. The van der Waals surface area contributed by atoms with E-state index in [0.29, 0.717) is 41.2 Å². The molecule has 0 spiro atoms. The van der Waals surface area contributed by atoms with Crippen LogP contribution < -0.4 is 10.1 Å². The Morgan fingerprint density at radius 2 is 1.71 bits per heavy atom. The topological polar surface area (TPSA) is 69.6 Å². The summed E-state index contributed by atoms with van der Waals surface area (Å²) in [7, 11) is 0. The smallest absolute Gasteiger partial charge is 0.419 e. The SMILES string of the molecule is CC(C)(C)OC(=O)n1c(-c2cccc3c2C(=O)NC3)c(OCc2ccccc2)c2ccccc21. The Balaban J connectivity index is 1.76. The van der Waals surface area contributed by atoms with Gasteiger partial charge in [-0.3, -0.25) is 4.79 Å². The van der Waals surface area contributed by atoms with Crippen LogP contribution in [0.2, 0.25) is 0 Å². The first-order valence-electron chi connectivity index (χ1n) is 11.3. The maximum Gasteiger partial charge on any atom is 0.419 e. The summed E-state index contributed by atoms with van der Waals surface area (Å²) in [5.41, 5.74) is 3.56. The highest BCUT2D eigenvalue weighted by molar-refractivity contribution is 6.09. The van der Waals surface area contributed by atoms with Gasteiger partial charge in [-0.1, -0.05) is 60.7 Å². The first-order valence-corrected chi connectivity index (χ1v) is 11.3. The summed E-state index contributed by atoms with van der Waals surface area (Å²) in [6.07, 6.45) is -0.524. The molecule has 0 bridgehead atoms. The van der Waals surface area contributed by atoms with Crippen molar-refractivity contribution in [3.8, 4) is 17.0 Å². The third-order valence-electron chi connectivity index (χ3n) is 5.70. The van der Waals surface area contributed by atoms with Crippen molar-refractivity contribution in [3.63, 3.8) is 0 Å². The number of rotatable bonds is 4. The van der Waals surface area contributed by atoms with Crippen LogP contribution >= 0.6 is 0 Å². The lowest BCUT2D eigenvalue weighted by molar-refractivity contribution is 0.0546. The molecular formula is C28H26N2O4. The molecule has 1 amide bonds. The van der Waals surface area contributed by atoms with Crippen LogP contribution in [0.15, 0.2) is 72.8 Å². The molecular weight excluding hydrogens is 428 g/mol. The van der Waals surface area contributed by atoms with Crippen molar-refractivity contribution >= 4 is 22.9 Å². The molecule has 5 rings (SSSR count). The molecule has 1 N–H and O–H groups in total. The number of hydrogen-bond acceptors (Lipinski definition) is 4. The van der Waals surface area contributed by atoms with E-state index in [-0.39, 0.29) is 5.91 Å². The summed E-state index contributed by atoms with van der Waals surface area (Å²) < 4.78 is 13.7. The van der Waals surface area contributed by atoms with Gasteiger partial charge in [0.1, 0.15) is 17.9 Å². The summed E-state index contributed by atoms with van der Waals surface area (Å²) in [6, 6.07) is 23.1. The molecule has 0 atom stereocenters. The fraction of sp³-hybridized carbons (Fsp3) is 0.214. The van der Waals surface area contributed by atoms with Gasteiger partial charge < -0.3 is 14.8 Å². The van der Waals surface area contributed by atoms with E-state index in [0.717, 1.165) is 16.5 Å². The van der Waals surface area contributed by atoms with Gasteiger partial charge >= 0.3 is 6.09 Å². The molecule has 0 unspecified atom stereocenters. The molecule has 1 aliphatic rings. The van der Waals surface area contributed by atoms with Gasteiger partial charge in [0.2, 0.25) is 0 Å². The lowest BCUT2D eigenvalue weighted by atomic mass is 10.00. The fourth-order valence-electron chi connectivity index (χ4n) is 4.30. The molecule has 6 nitrogen and oxygen atoms in total. The molecule has 2 heterocycles. The molecule has 34 heavy (non-hydrogen) atoms. The zero-order valence-corrected chi connectivity index (χ0v) is 19.4. The third kappa shape index (κ3) is 3.92. The van der Waals surface area contributed by atoms with Crippen molar-refractivity contribution in [2.24, 2.45) is 0 Å². The zero-order valence-electron chi connectivity index (χ0n) is 19.4. The first-order chi connectivity index (χ1) is 16.3. The average molecular weight is 455 g/mol. The number of carbonyl (C=O) groups excluding carboxylic acids is 2. The average Bonchev–Trinajstić information content (AvgIpc) is 3.35. The van der Waals surface area contributed by atoms with Crippen LogP contribution in [0.4, 0.5) is 4.79 Å². The van der Waals surface area contributed by atoms with E-state index in [4.69, 9.17) is 9.47 Å². The van der Waals surface area contributed by atoms with Crippen LogP contribution in [0, 0.1) is 0 Å². The molecule has 1 aliphatic heterocycles. The van der Waals surface area contributed by atoms with Gasteiger partial charge in [-0.05, 0) is 44.0 Å². The summed E-state index contributed by atoms with van der Waals surface area (Å²) >= 11 is 0. The number of benzene rings is 3. The van der Waals surface area contributed by atoms with Crippen molar-refractivity contribution < 1.29 is 19.1 Å². The Morgan fingerprint density at radius 3 is 2.47 bits per heavy atom. The number of nitrogens with one attached hydrogen (secondary N) is 1. The number of fused-ring (bicyclic) bond motifs is 2. The number of carbonyl (C=O) groups is 2. The van der Waals surface area contributed by atoms with Crippen LogP contribution in [0.5, 0.6) is 5.75 Å². The molecule has 0 aliphatic carbocycles. The van der Waals surface area contributed by atoms with E-state index in [9.17, 15) is 9.59 Å². The Hall–Kier alpha value is -4.06. The van der Waals surface area contributed by atoms with Crippen LogP contribution in [0.3, 0.4) is 0 Å². The van der Waals surface area contributed by atoms with Gasteiger partial charge in [0.25, 0.3) is 5.91 Å². The van der Waals surface area contributed by atoms with Gasteiger partial charge in [0.15, 0.2) is 5.75 Å². The van der Waals surface area contributed by atoms with Crippen molar-refractivity contribution in [1.82, 2.24) is 9.88 Å². The molecule has 3 aromatic carbocycles. The van der Waals surface area contributed by atoms with Gasteiger partial charge in [-0.25, -0.2) is 9.36 Å². The number of aromatic nitrogens is 1. The Bertz CT molecular complexity index is 1400. The minimum Gasteiger partial charge on any atom is -0.486 e. The molecule has 172 valence electrons. The van der Waals surface area contributed by atoms with Crippen molar-refractivity contribution in [3.05, 3.63) is 89.5 Å². The summed E-state index contributed by atoms with van der Waals surface area (Å²) in [5, 5.41) is 3.66. The molecule has 0 fully saturated rings. The van der Waals surface area contributed by atoms with E-state index >= 15 is 0 Å². The summed E-state index contributed by atoms with van der Waals surface area (Å²) in [5.74, 6) is 0.374. The minimum atomic E-state index is -0.694. The Morgan fingerprint density at radius 1 is 0.971 bits per heavy atom. The highest BCUT2D eigenvalue weighted by Crippen LogP contribution is 2.43.